The Labute approximate surface area is 254 Å². The third kappa shape index (κ3) is 5.12. The molecular weight excluding hydrogens is 580 g/mol. The Kier molecular flexibility index (Phi) is 7.06. The maximum absolute atomic E-state index is 15.6. The zero-order valence-electron chi connectivity index (χ0n) is 23.5. The quantitative estimate of drug-likeness (QED) is 0.246. The maximum atomic E-state index is 15.6. The predicted molar refractivity (Wildman–Crippen MR) is 167 cm³/mol. The number of pyridine rings is 2. The monoisotopic (exact) mass is 608 g/mol. The number of anilines is 1. The fourth-order valence-corrected chi connectivity index (χ4v) is 8.20. The van der Waals surface area contributed by atoms with Crippen LogP contribution in [0.3, 0.4) is 0 Å². The number of primary amides is 1. The van der Waals surface area contributed by atoms with Gasteiger partial charge in [0.05, 0.1) is 17.3 Å². The van der Waals surface area contributed by atoms with Crippen molar-refractivity contribution in [2.45, 2.75) is 31.3 Å². The number of nitrogens with two attached hydrogens (primary N) is 1. The normalized spacial score (nSPS) is 18.3. The Morgan fingerprint density at radius 1 is 1.12 bits per heavy atom. The molecule has 6 heterocycles. The van der Waals surface area contributed by atoms with Gasteiger partial charge in [0.15, 0.2) is 15.1 Å². The SMILES string of the molecule is C[C@@H]1c2ccsc2CCN1C(=O)c1cc(-c2cccnc2)c2nc(-c3ccc(N4CC[C@@H]([Si]C(N)=O)C4)cc3F)cn2c1. The van der Waals surface area contributed by atoms with Gasteiger partial charge in [-0.15, -0.1) is 11.3 Å². The van der Waals surface area contributed by atoms with Crippen molar-refractivity contribution in [1.82, 2.24) is 19.3 Å². The molecule has 0 unspecified atom stereocenters. The molecule has 1 saturated heterocycles. The number of imidazole rings is 1. The summed E-state index contributed by atoms with van der Waals surface area (Å²) in [5, 5.41) is 2.09. The van der Waals surface area contributed by atoms with E-state index >= 15 is 4.39 Å². The van der Waals surface area contributed by atoms with Crippen LogP contribution in [-0.4, -0.2) is 59.9 Å². The Bertz CT molecular complexity index is 1860. The molecule has 7 rings (SSSR count). The zero-order chi connectivity index (χ0) is 29.7. The second kappa shape index (κ2) is 11.0. The van der Waals surface area contributed by atoms with Crippen LogP contribution >= 0.6 is 11.3 Å². The minimum atomic E-state index is -0.380. The van der Waals surface area contributed by atoms with E-state index in [1.54, 1.807) is 42.2 Å². The van der Waals surface area contributed by atoms with Crippen molar-refractivity contribution in [2.75, 3.05) is 24.5 Å². The molecule has 0 bridgehead atoms. The third-order valence-corrected chi connectivity index (χ3v) is 10.6. The van der Waals surface area contributed by atoms with Gasteiger partial charge in [-0.2, -0.15) is 0 Å². The fraction of sp³-hybridized carbons (Fsp3) is 0.250. The standard InChI is InChI=1S/C32H29FN6O2SSi/c1-19-24-8-12-42-29(24)7-11-39(19)31(40)21-13-26(20-3-2-9-35-15-20)30-36-28(18-38(30)16-21)25-5-4-22(14-27(25)33)37-10-6-23(17-37)43-32(34)41/h2-5,8-9,12-16,18-19,23H,6-7,10-11,17H2,1H3,(H2,34,41)/t19-,23-/m1/s1. The molecule has 1 fully saturated rings. The Morgan fingerprint density at radius 2 is 2.00 bits per heavy atom. The number of hydrogen-bond donors (Lipinski definition) is 1. The molecule has 1 aromatic carbocycles. The summed E-state index contributed by atoms with van der Waals surface area (Å²) >= 11 is 1.74. The first-order valence-corrected chi connectivity index (χ1v) is 16.2. The average Bonchev–Trinajstić information content (AvgIpc) is 3.77. The number of fused-ring (bicyclic) bond motifs is 2. The molecule has 0 spiro atoms. The van der Waals surface area contributed by atoms with Crippen LogP contribution in [0.25, 0.3) is 28.0 Å². The van der Waals surface area contributed by atoms with Crippen LogP contribution in [-0.2, 0) is 6.42 Å². The third-order valence-electron chi connectivity index (χ3n) is 8.44. The van der Waals surface area contributed by atoms with Gasteiger partial charge < -0.3 is 19.9 Å². The summed E-state index contributed by atoms with van der Waals surface area (Å²) in [6.07, 6.45) is 8.72. The van der Waals surface area contributed by atoms with E-state index in [-0.39, 0.29) is 38.4 Å². The number of halogens is 1. The molecule has 11 heteroatoms. The van der Waals surface area contributed by atoms with Crippen molar-refractivity contribution in [3.8, 4) is 22.4 Å². The average molecular weight is 609 g/mol. The van der Waals surface area contributed by atoms with Crippen LogP contribution in [0, 0.1) is 5.82 Å². The highest BCUT2D eigenvalue weighted by molar-refractivity contribution is 7.10. The predicted octanol–water partition coefficient (Wildman–Crippen LogP) is 5.80. The molecule has 4 aromatic heterocycles. The van der Waals surface area contributed by atoms with E-state index in [1.165, 1.54) is 16.5 Å². The zero-order valence-corrected chi connectivity index (χ0v) is 25.4. The van der Waals surface area contributed by atoms with Crippen LogP contribution in [0.4, 0.5) is 14.9 Å². The first-order valence-electron chi connectivity index (χ1n) is 14.3. The molecule has 2 N–H and O–H groups in total. The van der Waals surface area contributed by atoms with Gasteiger partial charge in [-0.1, -0.05) is 6.07 Å². The number of nitrogens with zero attached hydrogens (tertiary/aromatic N) is 5. The number of carbonyl (C=O) groups excluding carboxylic acids is 2. The number of thiophene rings is 1. The molecule has 2 aliphatic heterocycles. The van der Waals surface area contributed by atoms with Gasteiger partial charge in [0.1, 0.15) is 11.5 Å². The molecule has 0 aliphatic carbocycles. The second-order valence-corrected chi connectivity index (χ2v) is 13.7. The number of rotatable bonds is 6. The van der Waals surface area contributed by atoms with E-state index in [1.807, 2.05) is 33.6 Å². The summed E-state index contributed by atoms with van der Waals surface area (Å²) in [6.45, 7) is 4.17. The van der Waals surface area contributed by atoms with Crippen molar-refractivity contribution in [3.63, 3.8) is 0 Å². The molecule has 2 amide bonds. The number of aromatic nitrogens is 3. The van der Waals surface area contributed by atoms with E-state index < -0.39 is 0 Å². The van der Waals surface area contributed by atoms with Crippen LogP contribution in [0.15, 0.2) is 72.6 Å². The molecule has 5 aromatic rings. The summed E-state index contributed by atoms with van der Waals surface area (Å²) in [5.74, 6) is -0.433. The minimum Gasteiger partial charge on any atom is -0.375 e. The van der Waals surface area contributed by atoms with Gasteiger partial charge in [-0.05, 0) is 72.6 Å². The Morgan fingerprint density at radius 3 is 2.79 bits per heavy atom. The van der Waals surface area contributed by atoms with Crippen LogP contribution in [0.2, 0.25) is 5.54 Å². The summed E-state index contributed by atoms with van der Waals surface area (Å²) in [5.41, 5.74) is 10.9. The van der Waals surface area contributed by atoms with Crippen LogP contribution in [0.5, 0.6) is 0 Å². The minimum absolute atomic E-state index is 0.0202. The largest absolute Gasteiger partial charge is 0.375 e. The first-order chi connectivity index (χ1) is 20.9. The van der Waals surface area contributed by atoms with Gasteiger partial charge in [0, 0.05) is 71.7 Å². The number of hydrogen-bond acceptors (Lipinski definition) is 6. The molecular formula is C32H29FN6O2SSi. The van der Waals surface area contributed by atoms with E-state index in [2.05, 4.69) is 28.3 Å². The molecule has 43 heavy (non-hydrogen) atoms. The second-order valence-electron chi connectivity index (χ2n) is 11.1. The molecule has 2 radical (unpaired) electrons. The maximum Gasteiger partial charge on any atom is 0.255 e. The number of benzene rings is 1. The smallest absolute Gasteiger partial charge is 0.255 e. The highest BCUT2D eigenvalue weighted by Gasteiger charge is 2.30. The van der Waals surface area contributed by atoms with Crippen molar-refractivity contribution < 1.29 is 14.0 Å². The summed E-state index contributed by atoms with van der Waals surface area (Å²) in [4.78, 5) is 39.8. The molecule has 8 nitrogen and oxygen atoms in total. The summed E-state index contributed by atoms with van der Waals surface area (Å²) in [6, 6.07) is 12.9. The van der Waals surface area contributed by atoms with Crippen molar-refractivity contribution in [2.24, 2.45) is 5.73 Å². The number of carbonyl (C=O) groups is 2. The lowest BCUT2D eigenvalue weighted by Crippen LogP contribution is -2.38. The van der Waals surface area contributed by atoms with Crippen LogP contribution in [0.1, 0.15) is 40.2 Å². The van der Waals surface area contributed by atoms with Crippen molar-refractivity contribution >= 4 is 43.6 Å². The highest BCUT2D eigenvalue weighted by atomic mass is 32.1. The lowest BCUT2D eigenvalue weighted by molar-refractivity contribution is 0.0679. The van der Waals surface area contributed by atoms with E-state index in [0.717, 1.165) is 36.2 Å². The first kappa shape index (κ1) is 27.5. The van der Waals surface area contributed by atoms with Gasteiger partial charge in [0.2, 0.25) is 0 Å². The van der Waals surface area contributed by atoms with Gasteiger partial charge >= 0.3 is 0 Å². The lowest BCUT2D eigenvalue weighted by Gasteiger charge is -2.33. The van der Waals surface area contributed by atoms with Gasteiger partial charge in [-0.25, -0.2) is 9.37 Å². The topological polar surface area (TPSA) is 96.8 Å². The van der Waals surface area contributed by atoms with Gasteiger partial charge in [0.25, 0.3) is 5.91 Å². The molecule has 216 valence electrons. The molecule has 2 aliphatic rings. The lowest BCUT2D eigenvalue weighted by atomic mass is 10.00. The molecule has 2 atom stereocenters. The fourth-order valence-electron chi connectivity index (χ4n) is 6.25. The Balaban J connectivity index is 1.24. The summed E-state index contributed by atoms with van der Waals surface area (Å²) in [7, 11) is 0.0761. The van der Waals surface area contributed by atoms with E-state index in [4.69, 9.17) is 10.7 Å². The number of amides is 2. The highest BCUT2D eigenvalue weighted by Crippen LogP contribution is 2.36. The van der Waals surface area contributed by atoms with Crippen molar-refractivity contribution in [3.05, 3.63) is 94.5 Å². The van der Waals surface area contributed by atoms with Crippen LogP contribution < -0.4 is 10.6 Å². The molecule has 0 saturated carbocycles. The van der Waals surface area contributed by atoms with E-state index in [9.17, 15) is 9.59 Å². The van der Waals surface area contributed by atoms with Gasteiger partial charge in [-0.3, -0.25) is 14.6 Å². The summed E-state index contributed by atoms with van der Waals surface area (Å²) < 4.78 is 17.4. The van der Waals surface area contributed by atoms with Crippen molar-refractivity contribution in [1.29, 1.82) is 0 Å². The Hall–Kier alpha value is -4.35. The van der Waals surface area contributed by atoms with E-state index in [0.29, 0.717) is 35.6 Å².